The Morgan fingerprint density at radius 2 is 1.79 bits per heavy atom. The lowest BCUT2D eigenvalue weighted by molar-refractivity contribution is -0.121. The summed E-state index contributed by atoms with van der Waals surface area (Å²) in [6.07, 6.45) is 1.17. The summed E-state index contributed by atoms with van der Waals surface area (Å²) < 4.78 is 0. The molecule has 24 heavy (non-hydrogen) atoms. The zero-order valence-electron chi connectivity index (χ0n) is 13.4. The van der Waals surface area contributed by atoms with Gasteiger partial charge in [-0.25, -0.2) is 9.59 Å². The van der Waals surface area contributed by atoms with E-state index in [1.165, 1.54) is 10.5 Å². The van der Waals surface area contributed by atoms with E-state index >= 15 is 0 Å². The molecule has 1 aromatic rings. The second-order valence-corrected chi connectivity index (χ2v) is 6.31. The number of nitrogens with one attached hydrogen (secondary N) is 1. The molecule has 4 amide bonds. The summed E-state index contributed by atoms with van der Waals surface area (Å²) in [6, 6.07) is 7.79. The standard InChI is InChI=1S/C17H21N3O4/c21-15-7-10-20(16(22)18-15)11-12-1-3-13(4-2-12)14-5-8-19(9-6-14)17(23)24/h1-4,14H,5-11H2,(H,23,24)(H,18,21,22). The number of urea groups is 1. The van der Waals surface area contributed by atoms with Crippen LogP contribution in [0.5, 0.6) is 0 Å². The first-order valence-electron chi connectivity index (χ1n) is 8.18. The fourth-order valence-corrected chi connectivity index (χ4v) is 3.27. The Bertz CT molecular complexity index is 636. The Morgan fingerprint density at radius 3 is 2.38 bits per heavy atom. The van der Waals surface area contributed by atoms with E-state index in [1.54, 1.807) is 4.90 Å². The lowest BCUT2D eigenvalue weighted by Gasteiger charge is -2.30. The fourth-order valence-electron chi connectivity index (χ4n) is 3.27. The number of amides is 4. The Hall–Kier alpha value is -2.57. The van der Waals surface area contributed by atoms with Crippen LogP contribution in [0.1, 0.15) is 36.3 Å². The van der Waals surface area contributed by atoms with E-state index in [0.717, 1.165) is 18.4 Å². The van der Waals surface area contributed by atoms with Gasteiger partial charge in [0.15, 0.2) is 0 Å². The molecule has 2 fully saturated rings. The van der Waals surface area contributed by atoms with Gasteiger partial charge in [0.25, 0.3) is 0 Å². The quantitative estimate of drug-likeness (QED) is 0.886. The summed E-state index contributed by atoms with van der Waals surface area (Å²) in [6.45, 7) is 2.07. The van der Waals surface area contributed by atoms with Crippen molar-refractivity contribution in [2.24, 2.45) is 0 Å². The normalized spacial score (nSPS) is 19.3. The van der Waals surface area contributed by atoms with Crippen molar-refractivity contribution in [1.29, 1.82) is 0 Å². The van der Waals surface area contributed by atoms with Crippen LogP contribution >= 0.6 is 0 Å². The number of carboxylic acid groups (broad SMARTS) is 1. The Balaban J connectivity index is 1.57. The number of nitrogens with zero attached hydrogens (tertiary/aromatic N) is 2. The lowest BCUT2D eigenvalue weighted by Crippen LogP contribution is -2.48. The van der Waals surface area contributed by atoms with Crippen molar-refractivity contribution < 1.29 is 19.5 Å². The second-order valence-electron chi connectivity index (χ2n) is 6.31. The van der Waals surface area contributed by atoms with Gasteiger partial charge in [0.2, 0.25) is 5.91 Å². The van der Waals surface area contributed by atoms with Crippen LogP contribution in [0.15, 0.2) is 24.3 Å². The van der Waals surface area contributed by atoms with E-state index in [2.05, 4.69) is 17.4 Å². The average molecular weight is 331 g/mol. The predicted octanol–water partition coefficient (Wildman–Crippen LogP) is 1.99. The highest BCUT2D eigenvalue weighted by atomic mass is 16.4. The molecule has 3 rings (SSSR count). The third kappa shape index (κ3) is 3.67. The zero-order chi connectivity index (χ0) is 17.1. The van der Waals surface area contributed by atoms with Crippen LogP contribution in [-0.2, 0) is 11.3 Å². The van der Waals surface area contributed by atoms with E-state index < -0.39 is 6.09 Å². The SMILES string of the molecule is O=C1CCN(Cc2ccc(C3CCN(C(=O)O)CC3)cc2)C(=O)N1. The van der Waals surface area contributed by atoms with Gasteiger partial charge in [-0.15, -0.1) is 0 Å². The third-order valence-electron chi connectivity index (χ3n) is 4.73. The summed E-state index contributed by atoms with van der Waals surface area (Å²) >= 11 is 0. The van der Waals surface area contributed by atoms with E-state index in [1.807, 2.05) is 12.1 Å². The van der Waals surface area contributed by atoms with Crippen molar-refractivity contribution in [3.05, 3.63) is 35.4 Å². The maximum Gasteiger partial charge on any atom is 0.407 e. The van der Waals surface area contributed by atoms with Gasteiger partial charge in [0.05, 0.1) is 0 Å². The van der Waals surface area contributed by atoms with Crippen molar-refractivity contribution in [3.8, 4) is 0 Å². The summed E-state index contributed by atoms with van der Waals surface area (Å²) in [4.78, 5) is 36.9. The van der Waals surface area contributed by atoms with Crippen LogP contribution < -0.4 is 5.32 Å². The van der Waals surface area contributed by atoms with E-state index in [-0.39, 0.29) is 11.9 Å². The van der Waals surface area contributed by atoms with Crippen LogP contribution in [-0.4, -0.2) is 52.6 Å². The molecule has 0 bridgehead atoms. The molecule has 2 saturated heterocycles. The van der Waals surface area contributed by atoms with E-state index in [0.29, 0.717) is 38.5 Å². The summed E-state index contributed by atoms with van der Waals surface area (Å²) in [5, 5.41) is 11.3. The molecule has 2 heterocycles. The minimum Gasteiger partial charge on any atom is -0.465 e. The maximum atomic E-state index is 11.8. The van der Waals surface area contributed by atoms with Gasteiger partial charge < -0.3 is 14.9 Å². The highest BCUT2D eigenvalue weighted by Crippen LogP contribution is 2.28. The molecule has 7 nitrogen and oxygen atoms in total. The summed E-state index contributed by atoms with van der Waals surface area (Å²) in [5.41, 5.74) is 2.23. The highest BCUT2D eigenvalue weighted by molar-refractivity contribution is 5.96. The van der Waals surface area contributed by atoms with Gasteiger partial charge in [-0.2, -0.15) is 0 Å². The molecule has 2 aliphatic heterocycles. The average Bonchev–Trinajstić information content (AvgIpc) is 2.58. The summed E-state index contributed by atoms with van der Waals surface area (Å²) in [5.74, 6) is 0.157. The molecular weight excluding hydrogens is 310 g/mol. The van der Waals surface area contributed by atoms with Gasteiger partial charge in [-0.05, 0) is 29.9 Å². The number of hydrogen-bond acceptors (Lipinski definition) is 3. The third-order valence-corrected chi connectivity index (χ3v) is 4.73. The molecule has 2 N–H and O–H groups in total. The number of hydrogen-bond donors (Lipinski definition) is 2. The van der Waals surface area contributed by atoms with Crippen LogP contribution in [0.2, 0.25) is 0 Å². The molecular formula is C17H21N3O4. The molecule has 0 aromatic heterocycles. The number of piperidine rings is 1. The zero-order valence-corrected chi connectivity index (χ0v) is 13.4. The number of carbonyl (C=O) groups is 3. The van der Waals surface area contributed by atoms with Crippen molar-refractivity contribution in [1.82, 2.24) is 15.1 Å². The predicted molar refractivity (Wildman–Crippen MR) is 86.6 cm³/mol. The molecule has 0 radical (unpaired) electrons. The molecule has 128 valence electrons. The lowest BCUT2D eigenvalue weighted by atomic mass is 9.89. The van der Waals surface area contributed by atoms with Crippen molar-refractivity contribution in [2.45, 2.75) is 31.7 Å². The first-order valence-corrected chi connectivity index (χ1v) is 8.18. The molecule has 0 unspecified atom stereocenters. The fraction of sp³-hybridized carbons (Fsp3) is 0.471. The van der Waals surface area contributed by atoms with Crippen LogP contribution in [0.25, 0.3) is 0 Å². The smallest absolute Gasteiger partial charge is 0.407 e. The van der Waals surface area contributed by atoms with E-state index in [4.69, 9.17) is 5.11 Å². The molecule has 0 atom stereocenters. The van der Waals surface area contributed by atoms with Crippen LogP contribution in [0.4, 0.5) is 9.59 Å². The van der Waals surface area contributed by atoms with E-state index in [9.17, 15) is 14.4 Å². The van der Waals surface area contributed by atoms with Gasteiger partial charge in [0, 0.05) is 32.6 Å². The van der Waals surface area contributed by atoms with Gasteiger partial charge in [0.1, 0.15) is 0 Å². The molecule has 1 aromatic carbocycles. The number of carbonyl (C=O) groups excluding carboxylic acids is 2. The van der Waals surface area contributed by atoms with Crippen LogP contribution in [0.3, 0.4) is 0 Å². The van der Waals surface area contributed by atoms with Crippen molar-refractivity contribution in [3.63, 3.8) is 0 Å². The van der Waals surface area contributed by atoms with Gasteiger partial charge >= 0.3 is 12.1 Å². The first-order chi connectivity index (χ1) is 11.5. The molecule has 7 heteroatoms. The number of imide groups is 1. The minimum atomic E-state index is -0.845. The monoisotopic (exact) mass is 331 g/mol. The molecule has 0 saturated carbocycles. The Labute approximate surface area is 140 Å². The molecule has 0 aliphatic carbocycles. The van der Waals surface area contributed by atoms with Crippen molar-refractivity contribution in [2.75, 3.05) is 19.6 Å². The highest BCUT2D eigenvalue weighted by Gasteiger charge is 2.24. The number of benzene rings is 1. The number of rotatable bonds is 3. The minimum absolute atomic E-state index is 0.223. The topological polar surface area (TPSA) is 90.0 Å². The van der Waals surface area contributed by atoms with Crippen LogP contribution in [0, 0.1) is 0 Å². The molecule has 2 aliphatic rings. The largest absolute Gasteiger partial charge is 0.465 e. The van der Waals surface area contributed by atoms with Gasteiger partial charge in [-0.3, -0.25) is 10.1 Å². The molecule has 0 spiro atoms. The summed E-state index contributed by atoms with van der Waals surface area (Å²) in [7, 11) is 0. The number of likely N-dealkylation sites (tertiary alicyclic amines) is 1. The Kier molecular flexibility index (Phi) is 4.69. The maximum absolute atomic E-state index is 11.8. The Morgan fingerprint density at radius 1 is 1.12 bits per heavy atom. The second kappa shape index (κ2) is 6.90. The van der Waals surface area contributed by atoms with Crippen molar-refractivity contribution >= 4 is 18.0 Å². The van der Waals surface area contributed by atoms with Gasteiger partial charge in [-0.1, -0.05) is 24.3 Å². The first kappa shape index (κ1) is 16.3.